The molecule has 0 aliphatic heterocycles. The first-order chi connectivity index (χ1) is 5.84. The third-order valence-corrected chi connectivity index (χ3v) is 1.63. The zero-order valence-corrected chi connectivity index (χ0v) is 7.67. The van der Waals surface area contributed by atoms with Gasteiger partial charge in [-0.05, 0) is 12.3 Å². The molecule has 1 aromatic rings. The van der Waals surface area contributed by atoms with Crippen molar-refractivity contribution in [2.45, 2.75) is 12.8 Å². The van der Waals surface area contributed by atoms with Crippen LogP contribution in [0.3, 0.4) is 0 Å². The minimum absolute atomic E-state index is 0.665. The van der Waals surface area contributed by atoms with E-state index in [1.807, 2.05) is 7.05 Å². The molecular formula is C8H10ClN3. The summed E-state index contributed by atoms with van der Waals surface area (Å²) in [5, 5.41) is 7.46. The molecule has 0 saturated heterocycles. The smallest absolute Gasteiger partial charge is 0.131 e. The SMILES string of the molecule is Cn1nncc1C#CCCCCl. The molecule has 4 heteroatoms. The number of aromatic nitrogens is 3. The predicted octanol–water partition coefficient (Wildman–Crippen LogP) is 1.19. The first-order valence-corrected chi connectivity index (χ1v) is 4.27. The van der Waals surface area contributed by atoms with Gasteiger partial charge in [0.1, 0.15) is 5.69 Å². The zero-order chi connectivity index (χ0) is 8.81. The zero-order valence-electron chi connectivity index (χ0n) is 6.92. The second-order valence-electron chi connectivity index (χ2n) is 2.34. The lowest BCUT2D eigenvalue weighted by molar-refractivity contribution is 0.708. The molecule has 64 valence electrons. The van der Waals surface area contributed by atoms with Crippen LogP contribution in [0, 0.1) is 11.8 Å². The molecule has 12 heavy (non-hydrogen) atoms. The molecule has 0 bridgehead atoms. The molecule has 3 nitrogen and oxygen atoms in total. The second-order valence-corrected chi connectivity index (χ2v) is 2.72. The standard InChI is InChI=1S/C8H10ClN3/c1-12-8(7-10-11-12)5-3-2-4-6-9/h7H,2,4,6H2,1H3. The normalized spacial score (nSPS) is 9.17. The predicted molar refractivity (Wildman–Crippen MR) is 47.8 cm³/mol. The number of unbranched alkanes of at least 4 members (excludes halogenated alkanes) is 1. The van der Waals surface area contributed by atoms with Crippen LogP contribution in [0.15, 0.2) is 6.20 Å². The molecule has 0 unspecified atom stereocenters. The van der Waals surface area contributed by atoms with E-state index < -0.39 is 0 Å². The molecule has 0 spiro atoms. The molecule has 0 radical (unpaired) electrons. The molecule has 0 aliphatic rings. The number of rotatable bonds is 2. The van der Waals surface area contributed by atoms with Gasteiger partial charge in [-0.25, -0.2) is 4.68 Å². The number of alkyl halides is 1. The van der Waals surface area contributed by atoms with Gasteiger partial charge in [-0.15, -0.1) is 16.7 Å². The molecular weight excluding hydrogens is 174 g/mol. The van der Waals surface area contributed by atoms with Crippen LogP contribution in [0.25, 0.3) is 0 Å². The number of nitrogens with zero attached hydrogens (tertiary/aromatic N) is 3. The van der Waals surface area contributed by atoms with Crippen molar-refractivity contribution in [2.75, 3.05) is 5.88 Å². The van der Waals surface area contributed by atoms with E-state index in [9.17, 15) is 0 Å². The number of halogens is 1. The molecule has 0 N–H and O–H groups in total. The Morgan fingerprint density at radius 1 is 1.67 bits per heavy atom. The van der Waals surface area contributed by atoms with Crippen molar-refractivity contribution in [1.82, 2.24) is 15.0 Å². The first kappa shape index (κ1) is 9.08. The summed E-state index contributed by atoms with van der Waals surface area (Å²) in [6, 6.07) is 0. The van der Waals surface area contributed by atoms with Gasteiger partial charge in [0.15, 0.2) is 0 Å². The van der Waals surface area contributed by atoms with Gasteiger partial charge in [0.2, 0.25) is 0 Å². The van der Waals surface area contributed by atoms with Gasteiger partial charge in [-0.3, -0.25) is 0 Å². The van der Waals surface area contributed by atoms with E-state index >= 15 is 0 Å². The van der Waals surface area contributed by atoms with Crippen LogP contribution in [0.1, 0.15) is 18.5 Å². The number of hydrogen-bond acceptors (Lipinski definition) is 2. The highest BCUT2D eigenvalue weighted by Crippen LogP contribution is 1.92. The molecule has 0 amide bonds. The summed E-state index contributed by atoms with van der Waals surface area (Å²) in [5.41, 5.74) is 0.838. The van der Waals surface area contributed by atoms with Crippen molar-refractivity contribution < 1.29 is 0 Å². The quantitative estimate of drug-likeness (QED) is 0.392. The third kappa shape index (κ3) is 2.55. The van der Waals surface area contributed by atoms with Crippen molar-refractivity contribution in [3.63, 3.8) is 0 Å². The lowest BCUT2D eigenvalue weighted by atomic mass is 10.3. The molecule has 0 aromatic carbocycles. The average Bonchev–Trinajstić information content (AvgIpc) is 2.46. The van der Waals surface area contributed by atoms with Gasteiger partial charge in [0.05, 0.1) is 6.20 Å². The van der Waals surface area contributed by atoms with Crippen LogP contribution in [0.5, 0.6) is 0 Å². The molecule has 0 atom stereocenters. The summed E-state index contributed by atoms with van der Waals surface area (Å²) >= 11 is 5.50. The Hall–Kier alpha value is -1.01. The first-order valence-electron chi connectivity index (χ1n) is 3.74. The van der Waals surface area contributed by atoms with Crippen molar-refractivity contribution in [1.29, 1.82) is 0 Å². The lowest BCUT2D eigenvalue weighted by Crippen LogP contribution is -1.93. The van der Waals surface area contributed by atoms with E-state index in [-0.39, 0.29) is 0 Å². The van der Waals surface area contributed by atoms with Crippen LogP contribution >= 0.6 is 11.6 Å². The topological polar surface area (TPSA) is 30.7 Å². The largest absolute Gasteiger partial charge is 0.240 e. The summed E-state index contributed by atoms with van der Waals surface area (Å²) in [6.45, 7) is 0. The van der Waals surface area contributed by atoms with Gasteiger partial charge in [-0.2, -0.15) is 0 Å². The molecule has 0 saturated carbocycles. The summed E-state index contributed by atoms with van der Waals surface area (Å²) in [4.78, 5) is 0. The van der Waals surface area contributed by atoms with Crippen LogP contribution in [-0.4, -0.2) is 20.9 Å². The van der Waals surface area contributed by atoms with Crippen molar-refractivity contribution >= 4 is 11.6 Å². The van der Waals surface area contributed by atoms with E-state index in [1.54, 1.807) is 10.9 Å². The third-order valence-electron chi connectivity index (χ3n) is 1.37. The van der Waals surface area contributed by atoms with E-state index in [2.05, 4.69) is 22.2 Å². The summed E-state index contributed by atoms with van der Waals surface area (Å²) < 4.78 is 1.65. The van der Waals surface area contributed by atoms with Gasteiger partial charge in [-0.1, -0.05) is 11.1 Å². The maximum Gasteiger partial charge on any atom is 0.131 e. The minimum atomic E-state index is 0.665. The van der Waals surface area contributed by atoms with Crippen molar-refractivity contribution in [3.05, 3.63) is 11.9 Å². The van der Waals surface area contributed by atoms with Crippen LogP contribution < -0.4 is 0 Å². The Labute approximate surface area is 76.7 Å². The van der Waals surface area contributed by atoms with Crippen LogP contribution in [-0.2, 0) is 7.05 Å². The van der Waals surface area contributed by atoms with Gasteiger partial charge in [0, 0.05) is 19.3 Å². The Bertz CT molecular complexity index is 295. The summed E-state index contributed by atoms with van der Waals surface area (Å²) in [6.07, 6.45) is 3.40. The highest BCUT2D eigenvalue weighted by molar-refractivity contribution is 6.17. The Balaban J connectivity index is 2.49. The molecule has 1 aromatic heterocycles. The fourth-order valence-electron chi connectivity index (χ4n) is 0.711. The van der Waals surface area contributed by atoms with Gasteiger partial charge >= 0.3 is 0 Å². The maximum absolute atomic E-state index is 5.50. The Morgan fingerprint density at radius 3 is 3.08 bits per heavy atom. The molecule has 1 heterocycles. The second kappa shape index (κ2) is 4.78. The molecule has 0 aliphatic carbocycles. The highest BCUT2D eigenvalue weighted by atomic mass is 35.5. The number of aryl methyl sites for hydroxylation is 1. The highest BCUT2D eigenvalue weighted by Gasteiger charge is 1.91. The molecule has 1 rings (SSSR count). The van der Waals surface area contributed by atoms with E-state index in [1.165, 1.54) is 0 Å². The van der Waals surface area contributed by atoms with Crippen molar-refractivity contribution in [2.24, 2.45) is 7.05 Å². The van der Waals surface area contributed by atoms with Crippen LogP contribution in [0.4, 0.5) is 0 Å². The summed E-state index contributed by atoms with van der Waals surface area (Å²) in [5.74, 6) is 6.62. The summed E-state index contributed by atoms with van der Waals surface area (Å²) in [7, 11) is 1.82. The Morgan fingerprint density at radius 2 is 2.50 bits per heavy atom. The average molecular weight is 184 g/mol. The minimum Gasteiger partial charge on any atom is -0.240 e. The van der Waals surface area contributed by atoms with Gasteiger partial charge in [0.25, 0.3) is 0 Å². The maximum atomic E-state index is 5.50. The molecule has 0 fully saturated rings. The van der Waals surface area contributed by atoms with Crippen LogP contribution in [0.2, 0.25) is 0 Å². The fraction of sp³-hybridized carbons (Fsp3) is 0.500. The fourth-order valence-corrected chi connectivity index (χ4v) is 0.845. The Kier molecular flexibility index (Phi) is 3.62. The van der Waals surface area contributed by atoms with Gasteiger partial charge < -0.3 is 0 Å². The van der Waals surface area contributed by atoms with E-state index in [4.69, 9.17) is 11.6 Å². The van der Waals surface area contributed by atoms with E-state index in [0.717, 1.165) is 18.5 Å². The lowest BCUT2D eigenvalue weighted by Gasteiger charge is -1.87. The van der Waals surface area contributed by atoms with E-state index in [0.29, 0.717) is 5.88 Å². The monoisotopic (exact) mass is 183 g/mol. The number of hydrogen-bond donors (Lipinski definition) is 0. The van der Waals surface area contributed by atoms with Crippen molar-refractivity contribution in [3.8, 4) is 11.8 Å².